The van der Waals surface area contributed by atoms with Gasteiger partial charge in [-0.25, -0.2) is 0 Å². The van der Waals surface area contributed by atoms with E-state index in [-0.39, 0.29) is 24.8 Å². The Morgan fingerprint density at radius 1 is 1.23 bits per heavy atom. The lowest BCUT2D eigenvalue weighted by Crippen LogP contribution is -2.26. The van der Waals surface area contributed by atoms with Crippen molar-refractivity contribution in [1.29, 1.82) is 5.26 Å². The highest BCUT2D eigenvalue weighted by atomic mass is 16.5. The van der Waals surface area contributed by atoms with Crippen LogP contribution < -0.4 is 10.1 Å². The van der Waals surface area contributed by atoms with Crippen LogP contribution in [-0.4, -0.2) is 31.6 Å². The van der Waals surface area contributed by atoms with Crippen molar-refractivity contribution in [3.05, 3.63) is 29.8 Å². The topological polar surface area (TPSA) is 88.4 Å². The Balaban J connectivity index is 2.09. The van der Waals surface area contributed by atoms with Crippen molar-refractivity contribution in [2.45, 2.75) is 26.2 Å². The summed E-state index contributed by atoms with van der Waals surface area (Å²) >= 11 is 0. The molecule has 0 aliphatic heterocycles. The average molecular weight is 304 g/mol. The van der Waals surface area contributed by atoms with Crippen molar-refractivity contribution >= 4 is 11.9 Å². The highest BCUT2D eigenvalue weighted by molar-refractivity contribution is 5.77. The van der Waals surface area contributed by atoms with Gasteiger partial charge in [0.25, 0.3) is 0 Å². The van der Waals surface area contributed by atoms with Gasteiger partial charge in [-0.05, 0) is 37.6 Å². The second-order valence-electron chi connectivity index (χ2n) is 4.49. The van der Waals surface area contributed by atoms with Crippen molar-refractivity contribution in [3.63, 3.8) is 0 Å². The van der Waals surface area contributed by atoms with E-state index in [9.17, 15) is 9.59 Å². The number of amides is 1. The summed E-state index contributed by atoms with van der Waals surface area (Å²) in [6, 6.07) is 8.83. The third kappa shape index (κ3) is 7.29. The third-order valence-corrected chi connectivity index (χ3v) is 2.76. The second-order valence-corrected chi connectivity index (χ2v) is 4.49. The number of rotatable bonds is 9. The first kappa shape index (κ1) is 17.5. The molecule has 0 saturated carbocycles. The minimum Gasteiger partial charge on any atom is -0.494 e. The first-order valence-corrected chi connectivity index (χ1v) is 7.21. The Bertz CT molecular complexity index is 520. The van der Waals surface area contributed by atoms with Crippen molar-refractivity contribution in [3.8, 4) is 11.8 Å². The predicted molar refractivity (Wildman–Crippen MR) is 80.1 cm³/mol. The van der Waals surface area contributed by atoms with Gasteiger partial charge < -0.3 is 14.8 Å². The van der Waals surface area contributed by atoms with Gasteiger partial charge in [0.15, 0.2) is 0 Å². The lowest BCUT2D eigenvalue weighted by molar-refractivity contribution is -0.143. The summed E-state index contributed by atoms with van der Waals surface area (Å²) in [7, 11) is 0. The van der Waals surface area contributed by atoms with E-state index >= 15 is 0 Å². The highest BCUT2D eigenvalue weighted by Crippen LogP contribution is 2.11. The molecule has 6 nitrogen and oxygen atoms in total. The predicted octanol–water partition coefficient (Wildman–Crippen LogP) is 1.79. The van der Waals surface area contributed by atoms with Gasteiger partial charge in [-0.15, -0.1) is 0 Å². The quantitative estimate of drug-likeness (QED) is 0.555. The van der Waals surface area contributed by atoms with Crippen LogP contribution in [0, 0.1) is 11.3 Å². The molecule has 0 fully saturated rings. The number of hydrogen-bond donors (Lipinski definition) is 1. The van der Waals surface area contributed by atoms with Gasteiger partial charge in [-0.2, -0.15) is 5.26 Å². The van der Waals surface area contributed by atoms with Crippen molar-refractivity contribution in [1.82, 2.24) is 5.32 Å². The molecule has 6 heteroatoms. The van der Waals surface area contributed by atoms with Gasteiger partial charge in [0, 0.05) is 13.0 Å². The summed E-state index contributed by atoms with van der Waals surface area (Å²) in [6.45, 7) is 2.79. The van der Waals surface area contributed by atoms with Crippen LogP contribution >= 0.6 is 0 Å². The maximum absolute atomic E-state index is 11.5. The van der Waals surface area contributed by atoms with Crippen LogP contribution in [-0.2, 0) is 14.3 Å². The molecule has 0 heterocycles. The number of carbonyl (C=O) groups excluding carboxylic acids is 2. The molecule has 1 aromatic carbocycles. The molecule has 1 rings (SSSR count). The van der Waals surface area contributed by atoms with E-state index in [2.05, 4.69) is 5.32 Å². The zero-order chi connectivity index (χ0) is 16.2. The van der Waals surface area contributed by atoms with Crippen molar-refractivity contribution in [2.75, 3.05) is 19.8 Å². The number of esters is 1. The number of carbonyl (C=O) groups is 2. The molecular weight excluding hydrogens is 284 g/mol. The van der Waals surface area contributed by atoms with E-state index in [1.807, 2.05) is 6.07 Å². The van der Waals surface area contributed by atoms with E-state index in [1.165, 1.54) is 0 Å². The van der Waals surface area contributed by atoms with Crippen LogP contribution in [0.15, 0.2) is 24.3 Å². The number of benzene rings is 1. The Kier molecular flexibility index (Phi) is 8.13. The number of nitriles is 1. The molecule has 0 aliphatic rings. The second kappa shape index (κ2) is 10.2. The zero-order valence-corrected chi connectivity index (χ0v) is 12.6. The molecule has 1 amide bonds. The van der Waals surface area contributed by atoms with Crippen LogP contribution in [0.4, 0.5) is 0 Å². The molecule has 22 heavy (non-hydrogen) atoms. The van der Waals surface area contributed by atoms with E-state index in [0.29, 0.717) is 37.4 Å². The molecule has 0 saturated heterocycles. The summed E-state index contributed by atoms with van der Waals surface area (Å²) in [5, 5.41) is 11.3. The van der Waals surface area contributed by atoms with Crippen molar-refractivity contribution < 1.29 is 19.1 Å². The first-order chi connectivity index (χ1) is 10.7. The summed E-state index contributed by atoms with van der Waals surface area (Å²) in [6.07, 6.45) is 1.09. The van der Waals surface area contributed by atoms with Crippen LogP contribution in [0.2, 0.25) is 0 Å². The number of nitrogens with one attached hydrogen (secondary N) is 1. The maximum Gasteiger partial charge on any atom is 0.307 e. The smallest absolute Gasteiger partial charge is 0.307 e. The summed E-state index contributed by atoms with van der Waals surface area (Å²) in [4.78, 5) is 22.6. The molecule has 1 aromatic rings. The monoisotopic (exact) mass is 304 g/mol. The molecule has 0 radical (unpaired) electrons. The minimum absolute atomic E-state index is 0.118. The van der Waals surface area contributed by atoms with Gasteiger partial charge in [0.05, 0.1) is 31.3 Å². The fourth-order valence-electron chi connectivity index (χ4n) is 1.67. The third-order valence-electron chi connectivity index (χ3n) is 2.76. The largest absolute Gasteiger partial charge is 0.494 e. The minimum atomic E-state index is -0.313. The number of hydrogen-bond acceptors (Lipinski definition) is 5. The fourth-order valence-corrected chi connectivity index (χ4v) is 1.67. The lowest BCUT2D eigenvalue weighted by Gasteiger charge is -2.07. The van der Waals surface area contributed by atoms with E-state index in [0.717, 1.165) is 0 Å². The normalized spacial score (nSPS) is 9.64. The molecule has 0 atom stereocenters. The van der Waals surface area contributed by atoms with Crippen molar-refractivity contribution in [2.24, 2.45) is 0 Å². The fraction of sp³-hybridized carbons (Fsp3) is 0.438. The summed E-state index contributed by atoms with van der Waals surface area (Å²) in [5.41, 5.74) is 0.577. The van der Waals surface area contributed by atoms with Gasteiger partial charge >= 0.3 is 5.97 Å². The average Bonchev–Trinajstić information content (AvgIpc) is 2.52. The van der Waals surface area contributed by atoms with E-state index < -0.39 is 0 Å². The summed E-state index contributed by atoms with van der Waals surface area (Å²) < 4.78 is 10.2. The van der Waals surface area contributed by atoms with E-state index in [1.54, 1.807) is 31.2 Å². The zero-order valence-electron chi connectivity index (χ0n) is 12.6. The molecule has 1 N–H and O–H groups in total. The molecule has 0 bridgehead atoms. The van der Waals surface area contributed by atoms with E-state index in [4.69, 9.17) is 14.7 Å². The molecule has 0 unspecified atom stereocenters. The SMILES string of the molecule is CCOC(=O)CCNC(=O)CCCOc1ccc(C#N)cc1. The molecule has 0 aliphatic carbocycles. The first-order valence-electron chi connectivity index (χ1n) is 7.21. The van der Waals surface area contributed by atoms with Gasteiger partial charge in [-0.3, -0.25) is 9.59 Å². The molecule has 0 spiro atoms. The van der Waals surface area contributed by atoms with Crippen LogP contribution in [0.3, 0.4) is 0 Å². The Morgan fingerprint density at radius 2 is 1.95 bits per heavy atom. The Morgan fingerprint density at radius 3 is 2.59 bits per heavy atom. The number of nitrogens with zero attached hydrogens (tertiary/aromatic N) is 1. The Hall–Kier alpha value is -2.55. The number of ether oxygens (including phenoxy) is 2. The standard InChI is InChI=1S/C16H20N2O4/c1-2-21-16(20)9-10-18-15(19)4-3-11-22-14-7-5-13(12-17)6-8-14/h5-8H,2-4,9-11H2,1H3,(H,18,19). The maximum atomic E-state index is 11.5. The molecule has 0 aromatic heterocycles. The van der Waals surface area contributed by atoms with Gasteiger partial charge in [0.2, 0.25) is 5.91 Å². The highest BCUT2D eigenvalue weighted by Gasteiger charge is 2.04. The van der Waals surface area contributed by atoms with Gasteiger partial charge in [0.1, 0.15) is 5.75 Å². The van der Waals surface area contributed by atoms with Gasteiger partial charge in [-0.1, -0.05) is 0 Å². The lowest BCUT2D eigenvalue weighted by atomic mass is 10.2. The molecule has 118 valence electrons. The van der Waals surface area contributed by atoms with Crippen LogP contribution in [0.1, 0.15) is 31.7 Å². The molecular formula is C16H20N2O4. The summed E-state index contributed by atoms with van der Waals surface area (Å²) in [5.74, 6) is 0.237. The van der Waals surface area contributed by atoms with Crippen LogP contribution in [0.25, 0.3) is 0 Å². The van der Waals surface area contributed by atoms with Crippen LogP contribution in [0.5, 0.6) is 5.75 Å². The Labute approximate surface area is 130 Å².